The van der Waals surface area contributed by atoms with E-state index < -0.39 is 34.4 Å². The molecule has 0 unspecified atom stereocenters. The maximum absolute atomic E-state index is 13.1. The van der Waals surface area contributed by atoms with Crippen LogP contribution in [0.3, 0.4) is 0 Å². The third kappa shape index (κ3) is 5.45. The molecule has 38 heavy (non-hydrogen) atoms. The van der Waals surface area contributed by atoms with Gasteiger partial charge in [0.25, 0.3) is 13.1 Å². The lowest BCUT2D eigenvalue weighted by Crippen LogP contribution is -2.41. The van der Waals surface area contributed by atoms with Crippen molar-refractivity contribution in [2.24, 2.45) is 0 Å². The first-order valence-electron chi connectivity index (χ1n) is 11.4. The van der Waals surface area contributed by atoms with Crippen molar-refractivity contribution >= 4 is 9.84 Å². The minimum absolute atomic E-state index is 0.0288. The van der Waals surface area contributed by atoms with Crippen LogP contribution in [0, 0.1) is 6.07 Å². The van der Waals surface area contributed by atoms with Crippen LogP contribution in [-0.2, 0) is 15.3 Å². The molecule has 200 valence electrons. The van der Waals surface area contributed by atoms with Gasteiger partial charge in [-0.25, -0.2) is 8.42 Å². The molecule has 13 heteroatoms. The van der Waals surface area contributed by atoms with Crippen molar-refractivity contribution in [3.8, 4) is 34.5 Å². The highest BCUT2D eigenvalue weighted by atomic mass is 32.2. The molecule has 1 aliphatic carbocycles. The minimum Gasteiger partial charge on any atom is -0.470 e. The van der Waals surface area contributed by atoms with Crippen molar-refractivity contribution in [1.29, 1.82) is 0 Å². The van der Waals surface area contributed by atoms with E-state index in [-0.39, 0.29) is 27.5 Å². The molecule has 1 aromatic carbocycles. The second-order valence-electron chi connectivity index (χ2n) is 8.72. The molecular formula is C25H22F5N4O3S+. The monoisotopic (exact) mass is 553 g/mol. The molecule has 4 rings (SSSR count). The first-order valence-corrected chi connectivity index (χ1v) is 13.1. The van der Waals surface area contributed by atoms with E-state index in [0.717, 1.165) is 30.0 Å². The predicted molar refractivity (Wildman–Crippen MR) is 129 cm³/mol. The average molecular weight is 554 g/mol. The summed E-state index contributed by atoms with van der Waals surface area (Å²) in [6.07, 6.45) is -2.41. The molecule has 0 amide bonds. The van der Waals surface area contributed by atoms with Gasteiger partial charge in [-0.2, -0.15) is 22.0 Å². The number of nitrogens with zero attached hydrogens (tertiary/aromatic N) is 4. The van der Waals surface area contributed by atoms with Crippen LogP contribution in [-0.4, -0.2) is 55.1 Å². The molecule has 3 aromatic rings. The van der Waals surface area contributed by atoms with Crippen molar-refractivity contribution in [1.82, 2.24) is 15.2 Å². The smallest absolute Gasteiger partial charge is 0.456 e. The zero-order chi connectivity index (χ0) is 27.8. The predicted octanol–water partition coefficient (Wildman–Crippen LogP) is 5.57. The summed E-state index contributed by atoms with van der Waals surface area (Å²) in [5, 5.41) is 7.24. The second kappa shape index (κ2) is 9.90. The highest BCUT2D eigenvalue weighted by Gasteiger charge is 2.58. The number of halogens is 5. The molecule has 0 atom stereocenters. The van der Waals surface area contributed by atoms with E-state index in [1.54, 1.807) is 7.05 Å². The first-order chi connectivity index (χ1) is 17.8. The van der Waals surface area contributed by atoms with E-state index in [9.17, 15) is 30.4 Å². The topological polar surface area (TPSA) is 86.4 Å². The number of aromatic nitrogens is 3. The third-order valence-electron chi connectivity index (χ3n) is 6.11. The fourth-order valence-electron chi connectivity index (χ4n) is 3.74. The molecule has 7 nitrogen and oxygen atoms in total. The Balaban J connectivity index is 1.63. The molecular weight excluding hydrogens is 531 g/mol. The molecule has 1 saturated carbocycles. The zero-order valence-electron chi connectivity index (χ0n) is 20.3. The molecule has 1 fully saturated rings. The van der Waals surface area contributed by atoms with Gasteiger partial charge in [0.2, 0.25) is 5.88 Å². The van der Waals surface area contributed by atoms with Gasteiger partial charge < -0.3 is 4.74 Å². The number of alkyl halides is 5. The molecule has 2 aromatic heterocycles. The Labute approximate surface area is 215 Å². The molecule has 1 aliphatic rings. The number of sulfone groups is 1. The summed E-state index contributed by atoms with van der Waals surface area (Å²) >= 11 is 0. The Bertz CT molecular complexity index is 1490. The van der Waals surface area contributed by atoms with Crippen LogP contribution in [0.25, 0.3) is 27.4 Å². The van der Waals surface area contributed by atoms with Gasteiger partial charge in [-0.15, -0.1) is 10.2 Å². The van der Waals surface area contributed by atoms with Crippen LogP contribution in [0.2, 0.25) is 0 Å². The van der Waals surface area contributed by atoms with Crippen molar-refractivity contribution < 1.29 is 35.1 Å². The third-order valence-corrected chi connectivity index (χ3v) is 7.85. The van der Waals surface area contributed by atoms with Crippen LogP contribution in [0.1, 0.15) is 25.3 Å². The van der Waals surface area contributed by atoms with E-state index >= 15 is 0 Å². The molecule has 0 spiro atoms. The summed E-state index contributed by atoms with van der Waals surface area (Å²) in [6.45, 7) is -0.513. The highest BCUT2D eigenvalue weighted by molar-refractivity contribution is 7.91. The lowest BCUT2D eigenvalue weighted by molar-refractivity contribution is -0.290. The van der Waals surface area contributed by atoms with E-state index in [2.05, 4.69) is 30.8 Å². The quantitative estimate of drug-likeness (QED) is 0.339. The highest BCUT2D eigenvalue weighted by Crippen LogP contribution is 2.48. The fourth-order valence-corrected chi connectivity index (χ4v) is 4.81. The summed E-state index contributed by atoms with van der Waals surface area (Å²) < 4.78 is 93.4. The summed E-state index contributed by atoms with van der Waals surface area (Å²) in [5.41, 5.74) is 2.07. The first kappa shape index (κ1) is 27.4. The van der Waals surface area contributed by atoms with Gasteiger partial charge in [0, 0.05) is 17.8 Å². The molecule has 0 radical (unpaired) electrons. The summed E-state index contributed by atoms with van der Waals surface area (Å²) in [5.74, 6) is -5.90. The van der Waals surface area contributed by atoms with Gasteiger partial charge in [0.1, 0.15) is 16.8 Å². The molecule has 2 heterocycles. The Hall–Kier alpha value is -3.66. The lowest BCUT2D eigenvalue weighted by Gasteiger charge is -2.19. The van der Waals surface area contributed by atoms with Crippen molar-refractivity contribution in [2.75, 3.05) is 19.4 Å². The van der Waals surface area contributed by atoms with Gasteiger partial charge in [-0.3, -0.25) is 4.98 Å². The van der Waals surface area contributed by atoms with Gasteiger partial charge >= 0.3 is 12.1 Å². The van der Waals surface area contributed by atoms with E-state index in [4.69, 9.17) is 0 Å². The molecule has 0 aliphatic heterocycles. The van der Waals surface area contributed by atoms with Crippen molar-refractivity contribution in [3.63, 3.8) is 0 Å². The number of pyridine rings is 1. The second-order valence-corrected chi connectivity index (χ2v) is 11.0. The fraction of sp³-hybridized carbons (Fsp3) is 0.360. The summed E-state index contributed by atoms with van der Waals surface area (Å²) in [6, 6.07) is 14.4. The van der Waals surface area contributed by atoms with Crippen LogP contribution >= 0.6 is 0 Å². The van der Waals surface area contributed by atoms with E-state index in [1.807, 2.05) is 24.3 Å². The van der Waals surface area contributed by atoms with Crippen molar-refractivity contribution in [2.45, 2.75) is 42.2 Å². The van der Waals surface area contributed by atoms with Gasteiger partial charge in [-0.05, 0) is 36.1 Å². The largest absolute Gasteiger partial charge is 0.470 e. The molecule has 0 saturated heterocycles. The normalized spacial score (nSPS) is 14.9. The van der Waals surface area contributed by atoms with Crippen LogP contribution < -0.4 is 4.74 Å². The standard InChI is InChI=1S/C25H22F5N4O3S/c1-3-38(35,36)20-12-17(16-4-6-18(7-5-16)23(10-11-23)14-31-2)13-32-22(20)19-8-9-21(34-33-19)37-15-24(26,27)25(28,29)30/h4-9,12-13H,3,10-11,15H2,1-2H3/q+1. The van der Waals surface area contributed by atoms with Gasteiger partial charge in [0.05, 0.1) is 10.6 Å². The lowest BCUT2D eigenvalue weighted by atomic mass is 9.95. The number of rotatable bonds is 8. The average Bonchev–Trinajstić information content (AvgIpc) is 3.68. The van der Waals surface area contributed by atoms with Crippen LogP contribution in [0.5, 0.6) is 5.88 Å². The van der Waals surface area contributed by atoms with Gasteiger partial charge in [0.15, 0.2) is 16.4 Å². The van der Waals surface area contributed by atoms with Crippen LogP contribution in [0.15, 0.2) is 53.6 Å². The Morgan fingerprint density at radius 1 is 1.03 bits per heavy atom. The Morgan fingerprint density at radius 3 is 2.24 bits per heavy atom. The number of hydrogen-bond acceptors (Lipinski definition) is 6. The minimum atomic E-state index is -5.78. The zero-order valence-corrected chi connectivity index (χ0v) is 21.1. The molecule has 0 bridgehead atoms. The number of benzene rings is 1. The maximum atomic E-state index is 13.1. The summed E-state index contributed by atoms with van der Waals surface area (Å²) in [7, 11) is -2.13. The number of ether oxygens (including phenoxy) is 1. The van der Waals surface area contributed by atoms with Crippen LogP contribution in [0.4, 0.5) is 22.0 Å². The van der Waals surface area contributed by atoms with Gasteiger partial charge in [-0.1, -0.05) is 36.0 Å². The summed E-state index contributed by atoms with van der Waals surface area (Å²) in [4.78, 5) is 8.18. The SMILES string of the molecule is CCS(=O)(=O)c1cc(-c2ccc(C3(C#[N+]C)CC3)cc2)cnc1-c1ccc(OCC(F)(F)C(F)(F)F)nn1. The molecule has 0 N–H and O–H groups in total. The maximum Gasteiger partial charge on any atom is 0.456 e. The van der Waals surface area contributed by atoms with Crippen molar-refractivity contribution in [3.05, 3.63) is 59.1 Å². The Morgan fingerprint density at radius 2 is 1.71 bits per heavy atom. The number of hydrogen-bond donors (Lipinski definition) is 0. The van der Waals surface area contributed by atoms with E-state index in [1.165, 1.54) is 25.3 Å². The van der Waals surface area contributed by atoms with E-state index in [0.29, 0.717) is 5.56 Å². The Kier molecular flexibility index (Phi) is 7.13.